The van der Waals surface area contributed by atoms with Crippen molar-refractivity contribution in [2.24, 2.45) is 7.05 Å². The van der Waals surface area contributed by atoms with Crippen LogP contribution in [-0.4, -0.2) is 36.2 Å². The Morgan fingerprint density at radius 1 is 1.31 bits per heavy atom. The van der Waals surface area contributed by atoms with Gasteiger partial charge in [-0.1, -0.05) is 12.1 Å². The van der Waals surface area contributed by atoms with E-state index in [1.807, 2.05) is 46.1 Å². The maximum absolute atomic E-state index is 12.8. The van der Waals surface area contributed by atoms with Crippen molar-refractivity contribution in [3.8, 4) is 0 Å². The number of para-hydroxylation sites is 1. The molecule has 3 aromatic rings. The van der Waals surface area contributed by atoms with Crippen molar-refractivity contribution < 1.29 is 4.79 Å². The van der Waals surface area contributed by atoms with Crippen LogP contribution < -0.4 is 5.56 Å². The number of aryl methyl sites for hydroxylation is 2. The molecular formula is C19H23N5O2. The van der Waals surface area contributed by atoms with Gasteiger partial charge in [-0.2, -0.15) is 5.10 Å². The number of rotatable bonds is 5. The van der Waals surface area contributed by atoms with E-state index in [2.05, 4.69) is 10.1 Å². The molecule has 2 heterocycles. The largest absolute Gasteiger partial charge is 0.334 e. The molecule has 7 nitrogen and oxygen atoms in total. The topological polar surface area (TPSA) is 73.0 Å². The average Bonchev–Trinajstić information content (AvgIpc) is 3.00. The number of hydrogen-bond acceptors (Lipinski definition) is 4. The van der Waals surface area contributed by atoms with Gasteiger partial charge in [-0.15, -0.1) is 0 Å². The molecule has 3 rings (SSSR count). The first kappa shape index (κ1) is 17.8. The van der Waals surface area contributed by atoms with Gasteiger partial charge in [-0.25, -0.2) is 4.98 Å². The molecule has 0 fully saturated rings. The Hall–Kier alpha value is -2.96. The molecule has 1 amide bonds. The second-order valence-electron chi connectivity index (χ2n) is 6.79. The highest BCUT2D eigenvalue weighted by molar-refractivity contribution is 5.81. The molecule has 0 unspecified atom stereocenters. The maximum atomic E-state index is 12.8. The number of carbonyl (C=O) groups excluding carboxylic acids is 1. The van der Waals surface area contributed by atoms with Crippen LogP contribution in [0.5, 0.6) is 0 Å². The first-order valence-corrected chi connectivity index (χ1v) is 8.58. The minimum atomic E-state index is -0.197. The molecule has 2 aromatic heterocycles. The third-order valence-corrected chi connectivity index (χ3v) is 4.42. The summed E-state index contributed by atoms with van der Waals surface area (Å²) in [6.45, 7) is 6.25. The van der Waals surface area contributed by atoms with Crippen molar-refractivity contribution >= 4 is 16.8 Å². The lowest BCUT2D eigenvalue weighted by molar-refractivity contribution is -0.134. The van der Waals surface area contributed by atoms with Gasteiger partial charge in [0.1, 0.15) is 6.54 Å². The van der Waals surface area contributed by atoms with E-state index >= 15 is 0 Å². The number of benzene rings is 1. The highest BCUT2D eigenvalue weighted by Crippen LogP contribution is 2.12. The van der Waals surface area contributed by atoms with Gasteiger partial charge in [-0.05, 0) is 32.4 Å². The van der Waals surface area contributed by atoms with Crippen LogP contribution in [0.1, 0.15) is 25.0 Å². The molecule has 26 heavy (non-hydrogen) atoms. The van der Waals surface area contributed by atoms with Crippen molar-refractivity contribution in [1.82, 2.24) is 24.2 Å². The van der Waals surface area contributed by atoms with Crippen LogP contribution in [0.15, 0.2) is 41.7 Å². The monoisotopic (exact) mass is 353 g/mol. The molecule has 0 aliphatic heterocycles. The van der Waals surface area contributed by atoms with Crippen LogP contribution in [-0.2, 0) is 24.9 Å². The van der Waals surface area contributed by atoms with Crippen LogP contribution in [0.4, 0.5) is 0 Å². The SMILES string of the molecule is Cc1cccc2c(=O)n(CC(=O)N(Cc3cnn(C)c3)C(C)C)cnc12. The fourth-order valence-electron chi connectivity index (χ4n) is 3.00. The Morgan fingerprint density at radius 2 is 2.08 bits per heavy atom. The van der Waals surface area contributed by atoms with Crippen LogP contribution >= 0.6 is 0 Å². The number of carbonyl (C=O) groups is 1. The number of fused-ring (bicyclic) bond motifs is 1. The van der Waals surface area contributed by atoms with Crippen molar-refractivity contribution in [3.63, 3.8) is 0 Å². The quantitative estimate of drug-likeness (QED) is 0.702. The third kappa shape index (κ3) is 3.51. The maximum Gasteiger partial charge on any atom is 0.261 e. The molecule has 1 aromatic carbocycles. The molecule has 0 atom stereocenters. The summed E-state index contributed by atoms with van der Waals surface area (Å²) in [7, 11) is 1.84. The molecular weight excluding hydrogens is 330 g/mol. The Balaban J connectivity index is 1.86. The summed E-state index contributed by atoms with van der Waals surface area (Å²) in [5.41, 5.74) is 2.38. The molecule has 0 aliphatic rings. The molecule has 0 aliphatic carbocycles. The molecule has 7 heteroatoms. The minimum absolute atomic E-state index is 0.00840. The second kappa shape index (κ2) is 7.11. The van der Waals surface area contributed by atoms with Crippen molar-refractivity contribution in [2.45, 2.75) is 39.9 Å². The van der Waals surface area contributed by atoms with Crippen LogP contribution in [0, 0.1) is 6.92 Å². The average molecular weight is 353 g/mol. The third-order valence-electron chi connectivity index (χ3n) is 4.42. The summed E-state index contributed by atoms with van der Waals surface area (Å²) in [5, 5.41) is 4.67. The van der Waals surface area contributed by atoms with Crippen molar-refractivity contribution in [2.75, 3.05) is 0 Å². The Kier molecular flexibility index (Phi) is 4.88. The predicted octanol–water partition coefficient (Wildman–Crippen LogP) is 1.88. The summed E-state index contributed by atoms with van der Waals surface area (Å²) in [6, 6.07) is 5.50. The zero-order valence-electron chi connectivity index (χ0n) is 15.5. The van der Waals surface area contributed by atoms with Gasteiger partial charge in [0.25, 0.3) is 5.56 Å². The number of amides is 1. The van der Waals surface area contributed by atoms with Gasteiger partial charge in [-0.3, -0.25) is 18.8 Å². The summed E-state index contributed by atoms with van der Waals surface area (Å²) in [4.78, 5) is 31.6. The smallest absolute Gasteiger partial charge is 0.261 e. The number of aromatic nitrogens is 4. The number of hydrogen-bond donors (Lipinski definition) is 0. The molecule has 0 spiro atoms. The van der Waals surface area contributed by atoms with E-state index < -0.39 is 0 Å². The lowest BCUT2D eigenvalue weighted by Crippen LogP contribution is -2.40. The van der Waals surface area contributed by atoms with E-state index in [1.54, 1.807) is 21.8 Å². The summed E-state index contributed by atoms with van der Waals surface area (Å²) in [6.07, 6.45) is 5.09. The van der Waals surface area contributed by atoms with Gasteiger partial charge in [0.2, 0.25) is 5.91 Å². The van der Waals surface area contributed by atoms with Gasteiger partial charge in [0, 0.05) is 31.4 Å². The Labute approximate surface area is 151 Å². The molecule has 0 N–H and O–H groups in total. The molecule has 136 valence electrons. The second-order valence-corrected chi connectivity index (χ2v) is 6.79. The zero-order valence-corrected chi connectivity index (χ0v) is 15.5. The van der Waals surface area contributed by atoms with Gasteiger partial charge < -0.3 is 4.90 Å². The molecule has 0 radical (unpaired) electrons. The summed E-state index contributed by atoms with van der Waals surface area (Å²) >= 11 is 0. The summed E-state index contributed by atoms with van der Waals surface area (Å²) in [5.74, 6) is -0.125. The fourth-order valence-corrected chi connectivity index (χ4v) is 3.00. The zero-order chi connectivity index (χ0) is 18.8. The first-order valence-electron chi connectivity index (χ1n) is 8.58. The van der Waals surface area contributed by atoms with E-state index in [9.17, 15) is 9.59 Å². The van der Waals surface area contributed by atoms with Gasteiger partial charge >= 0.3 is 0 Å². The minimum Gasteiger partial charge on any atom is -0.334 e. The first-order chi connectivity index (χ1) is 12.4. The fraction of sp³-hybridized carbons (Fsp3) is 0.368. The Bertz CT molecular complexity index is 1000. The lowest BCUT2D eigenvalue weighted by Gasteiger charge is -2.26. The van der Waals surface area contributed by atoms with E-state index in [0.717, 1.165) is 11.1 Å². The number of nitrogens with zero attached hydrogens (tertiary/aromatic N) is 5. The standard InChI is InChI=1S/C19H23N5O2/c1-13(2)24(10-15-8-21-22(4)9-15)17(25)11-23-12-20-18-14(3)6-5-7-16(18)19(23)26/h5-9,12-13H,10-11H2,1-4H3. The van der Waals surface area contributed by atoms with Crippen molar-refractivity contribution in [3.05, 3.63) is 58.4 Å². The van der Waals surface area contributed by atoms with Crippen molar-refractivity contribution in [1.29, 1.82) is 0 Å². The molecule has 0 saturated carbocycles. The van der Waals surface area contributed by atoms with Gasteiger partial charge in [0.05, 0.1) is 23.4 Å². The molecule has 0 saturated heterocycles. The summed E-state index contributed by atoms with van der Waals surface area (Å²) < 4.78 is 3.08. The van der Waals surface area contributed by atoms with Gasteiger partial charge in [0.15, 0.2) is 0 Å². The Morgan fingerprint density at radius 3 is 2.73 bits per heavy atom. The van der Waals surface area contributed by atoms with E-state index in [1.165, 1.54) is 10.9 Å². The normalized spacial score (nSPS) is 11.3. The molecule has 0 bridgehead atoms. The van der Waals surface area contributed by atoms with Crippen LogP contribution in [0.25, 0.3) is 10.9 Å². The highest BCUT2D eigenvalue weighted by atomic mass is 16.2. The highest BCUT2D eigenvalue weighted by Gasteiger charge is 2.19. The van der Waals surface area contributed by atoms with Crippen LogP contribution in [0.2, 0.25) is 0 Å². The van der Waals surface area contributed by atoms with E-state index in [4.69, 9.17) is 0 Å². The van der Waals surface area contributed by atoms with E-state index in [-0.39, 0.29) is 24.1 Å². The lowest BCUT2D eigenvalue weighted by atomic mass is 10.1. The predicted molar refractivity (Wildman–Crippen MR) is 99.6 cm³/mol. The van der Waals surface area contributed by atoms with E-state index in [0.29, 0.717) is 17.4 Å². The van der Waals surface area contributed by atoms with Crippen LogP contribution in [0.3, 0.4) is 0 Å².